The molecule has 3 rings (SSSR count). The molecular weight excluding hydrogens is 262 g/mol. The van der Waals surface area contributed by atoms with Gasteiger partial charge >= 0.3 is 5.97 Å². The summed E-state index contributed by atoms with van der Waals surface area (Å²) in [6.07, 6.45) is 7.77. The van der Waals surface area contributed by atoms with E-state index in [9.17, 15) is 4.79 Å². The number of esters is 1. The molecule has 114 valence electrons. The van der Waals surface area contributed by atoms with Crippen LogP contribution in [0.3, 0.4) is 0 Å². The summed E-state index contributed by atoms with van der Waals surface area (Å²) < 4.78 is 5.45. The molecule has 1 aliphatic carbocycles. The van der Waals surface area contributed by atoms with E-state index in [-0.39, 0.29) is 12.0 Å². The standard InChI is InChI=1S/C18H25NO2/c20-18(21-13-14-7-3-1-4-8-14)17-11-16(12-19-17)15-9-5-2-6-10-15/h1,3-4,7-8,15-17,19H,2,5-6,9-13H2/t16?,17-/m0/s1. The minimum atomic E-state index is -0.0966. The van der Waals surface area contributed by atoms with Crippen LogP contribution in [0.2, 0.25) is 0 Å². The largest absolute Gasteiger partial charge is 0.460 e. The summed E-state index contributed by atoms with van der Waals surface area (Å²) in [5, 5.41) is 3.37. The van der Waals surface area contributed by atoms with Gasteiger partial charge in [0.2, 0.25) is 0 Å². The molecule has 3 nitrogen and oxygen atoms in total. The smallest absolute Gasteiger partial charge is 0.323 e. The molecule has 21 heavy (non-hydrogen) atoms. The Bertz CT molecular complexity index is 454. The number of carbonyl (C=O) groups excluding carboxylic acids is 1. The Morgan fingerprint density at radius 3 is 2.62 bits per heavy atom. The van der Waals surface area contributed by atoms with Gasteiger partial charge in [-0.2, -0.15) is 0 Å². The SMILES string of the molecule is O=C(OCc1ccccc1)[C@@H]1CC(C2CCCCC2)CN1. The van der Waals surface area contributed by atoms with Crippen LogP contribution in [0.15, 0.2) is 30.3 Å². The van der Waals surface area contributed by atoms with Crippen LogP contribution < -0.4 is 5.32 Å². The summed E-state index contributed by atoms with van der Waals surface area (Å²) in [5.74, 6) is 1.40. The first kappa shape index (κ1) is 14.6. The maximum absolute atomic E-state index is 12.2. The maximum atomic E-state index is 12.2. The summed E-state index contributed by atoms with van der Waals surface area (Å²) in [6, 6.07) is 9.78. The lowest BCUT2D eigenvalue weighted by Crippen LogP contribution is -2.32. The second-order valence-corrected chi connectivity index (χ2v) is 6.45. The Hall–Kier alpha value is -1.35. The molecular formula is C18H25NO2. The second-order valence-electron chi connectivity index (χ2n) is 6.45. The molecule has 1 N–H and O–H groups in total. The fraction of sp³-hybridized carbons (Fsp3) is 0.611. The molecule has 0 aromatic heterocycles. The Kier molecular flexibility index (Phi) is 4.91. The Balaban J connectivity index is 1.45. The van der Waals surface area contributed by atoms with Crippen molar-refractivity contribution in [2.45, 2.75) is 51.2 Å². The first-order valence-corrected chi connectivity index (χ1v) is 8.27. The summed E-state index contributed by atoms with van der Waals surface area (Å²) in [5.41, 5.74) is 1.05. The number of rotatable bonds is 4. The quantitative estimate of drug-likeness (QED) is 0.864. The van der Waals surface area contributed by atoms with Gasteiger partial charge in [-0.15, -0.1) is 0 Å². The molecule has 2 atom stereocenters. The van der Waals surface area contributed by atoms with Crippen molar-refractivity contribution in [1.82, 2.24) is 5.32 Å². The first-order chi connectivity index (χ1) is 10.3. The second kappa shape index (κ2) is 7.08. The third-order valence-corrected chi connectivity index (χ3v) is 4.99. The van der Waals surface area contributed by atoms with Crippen molar-refractivity contribution < 1.29 is 9.53 Å². The highest BCUT2D eigenvalue weighted by Gasteiger charge is 2.35. The summed E-state index contributed by atoms with van der Waals surface area (Å²) >= 11 is 0. The minimum Gasteiger partial charge on any atom is -0.460 e. The van der Waals surface area contributed by atoms with Gasteiger partial charge in [0.15, 0.2) is 0 Å². The third kappa shape index (κ3) is 3.85. The molecule has 0 amide bonds. The Labute approximate surface area is 127 Å². The summed E-state index contributed by atoms with van der Waals surface area (Å²) in [6.45, 7) is 1.36. The van der Waals surface area contributed by atoms with Crippen molar-refractivity contribution in [1.29, 1.82) is 0 Å². The predicted octanol–water partition coefficient (Wildman–Crippen LogP) is 3.29. The fourth-order valence-electron chi connectivity index (χ4n) is 3.74. The van der Waals surface area contributed by atoms with E-state index in [2.05, 4.69) is 5.32 Å². The van der Waals surface area contributed by atoms with Crippen molar-refractivity contribution in [2.75, 3.05) is 6.54 Å². The van der Waals surface area contributed by atoms with Gasteiger partial charge in [-0.1, -0.05) is 62.4 Å². The van der Waals surface area contributed by atoms with Crippen LogP contribution in [0.4, 0.5) is 0 Å². The zero-order valence-electron chi connectivity index (χ0n) is 12.6. The van der Waals surface area contributed by atoms with E-state index in [1.807, 2.05) is 30.3 Å². The van der Waals surface area contributed by atoms with Gasteiger partial charge < -0.3 is 10.1 Å². The summed E-state index contributed by atoms with van der Waals surface area (Å²) in [7, 11) is 0. The number of hydrogen-bond acceptors (Lipinski definition) is 3. The van der Waals surface area contributed by atoms with Gasteiger partial charge in [0.1, 0.15) is 12.6 Å². The normalized spacial score (nSPS) is 26.7. The van der Waals surface area contributed by atoms with Crippen molar-refractivity contribution in [2.24, 2.45) is 11.8 Å². The molecule has 1 aromatic rings. The van der Waals surface area contributed by atoms with Gasteiger partial charge in [0.05, 0.1) is 0 Å². The highest BCUT2D eigenvalue weighted by atomic mass is 16.5. The molecule has 2 fully saturated rings. The molecule has 2 aliphatic rings. The molecule has 1 heterocycles. The third-order valence-electron chi connectivity index (χ3n) is 4.99. The Morgan fingerprint density at radius 1 is 1.10 bits per heavy atom. The Morgan fingerprint density at radius 2 is 1.86 bits per heavy atom. The summed E-state index contributed by atoms with van der Waals surface area (Å²) in [4.78, 5) is 12.2. The molecule has 0 bridgehead atoms. The fourth-order valence-corrected chi connectivity index (χ4v) is 3.74. The van der Waals surface area contributed by atoms with Crippen molar-refractivity contribution in [3.05, 3.63) is 35.9 Å². The van der Waals surface area contributed by atoms with Crippen LogP contribution in [0, 0.1) is 11.8 Å². The van der Waals surface area contributed by atoms with E-state index < -0.39 is 0 Å². The molecule has 1 aliphatic heterocycles. The zero-order chi connectivity index (χ0) is 14.5. The van der Waals surface area contributed by atoms with Gasteiger partial charge in [0, 0.05) is 0 Å². The monoisotopic (exact) mass is 287 g/mol. The number of ether oxygens (including phenoxy) is 1. The van der Waals surface area contributed by atoms with E-state index in [1.165, 1.54) is 32.1 Å². The first-order valence-electron chi connectivity index (χ1n) is 8.27. The molecule has 1 saturated heterocycles. The van der Waals surface area contributed by atoms with Crippen LogP contribution in [0.1, 0.15) is 44.1 Å². The number of benzene rings is 1. The highest BCUT2D eigenvalue weighted by Crippen LogP contribution is 2.34. The minimum absolute atomic E-state index is 0.0860. The average Bonchev–Trinajstić information content (AvgIpc) is 3.04. The highest BCUT2D eigenvalue weighted by molar-refractivity contribution is 5.76. The van der Waals surface area contributed by atoms with Crippen molar-refractivity contribution in [3.63, 3.8) is 0 Å². The van der Waals surface area contributed by atoms with Crippen LogP contribution in [0.25, 0.3) is 0 Å². The van der Waals surface area contributed by atoms with E-state index in [1.54, 1.807) is 0 Å². The van der Waals surface area contributed by atoms with Gasteiger partial charge in [-0.25, -0.2) is 0 Å². The van der Waals surface area contributed by atoms with Gasteiger partial charge in [-0.3, -0.25) is 4.79 Å². The van der Waals surface area contributed by atoms with Gasteiger partial charge in [0.25, 0.3) is 0 Å². The van der Waals surface area contributed by atoms with Crippen molar-refractivity contribution in [3.8, 4) is 0 Å². The van der Waals surface area contributed by atoms with E-state index in [0.717, 1.165) is 24.4 Å². The van der Waals surface area contributed by atoms with E-state index >= 15 is 0 Å². The molecule has 1 saturated carbocycles. The van der Waals surface area contributed by atoms with Crippen LogP contribution >= 0.6 is 0 Å². The molecule has 1 aromatic carbocycles. The molecule has 1 unspecified atom stereocenters. The molecule has 0 spiro atoms. The predicted molar refractivity (Wildman–Crippen MR) is 82.7 cm³/mol. The number of hydrogen-bond donors (Lipinski definition) is 1. The number of nitrogens with one attached hydrogen (secondary N) is 1. The zero-order valence-corrected chi connectivity index (χ0v) is 12.6. The van der Waals surface area contributed by atoms with Crippen LogP contribution in [-0.4, -0.2) is 18.6 Å². The van der Waals surface area contributed by atoms with Crippen molar-refractivity contribution >= 4 is 5.97 Å². The van der Waals surface area contributed by atoms with Crippen LogP contribution in [0.5, 0.6) is 0 Å². The number of carbonyl (C=O) groups is 1. The van der Waals surface area contributed by atoms with E-state index in [0.29, 0.717) is 12.5 Å². The maximum Gasteiger partial charge on any atom is 0.323 e. The lowest BCUT2D eigenvalue weighted by molar-refractivity contribution is -0.147. The lowest BCUT2D eigenvalue weighted by atomic mass is 9.79. The van der Waals surface area contributed by atoms with Gasteiger partial charge in [-0.05, 0) is 30.4 Å². The molecule has 0 radical (unpaired) electrons. The lowest BCUT2D eigenvalue weighted by Gasteiger charge is -2.26. The van der Waals surface area contributed by atoms with Crippen LogP contribution in [-0.2, 0) is 16.1 Å². The topological polar surface area (TPSA) is 38.3 Å². The average molecular weight is 287 g/mol. The molecule has 3 heteroatoms. The van der Waals surface area contributed by atoms with E-state index in [4.69, 9.17) is 4.74 Å².